The first kappa shape index (κ1) is 10.7. The van der Waals surface area contributed by atoms with Gasteiger partial charge in [-0.2, -0.15) is 0 Å². The molecule has 0 fully saturated rings. The molecule has 1 aromatic heterocycles. The van der Waals surface area contributed by atoms with E-state index in [4.69, 9.17) is 5.11 Å². The Bertz CT molecular complexity index is 309. The minimum absolute atomic E-state index is 0.529. The first-order valence-electron chi connectivity index (χ1n) is 4.60. The van der Waals surface area contributed by atoms with Gasteiger partial charge in [0.1, 0.15) is 6.04 Å². The molecule has 5 heteroatoms. The molecule has 0 saturated heterocycles. The Morgan fingerprint density at radius 3 is 3.07 bits per heavy atom. The predicted octanol–water partition coefficient (Wildman–Crippen LogP) is 0.466. The number of rotatable bonds is 5. The maximum Gasteiger partial charge on any atom is 0.320 e. The van der Waals surface area contributed by atoms with Crippen molar-refractivity contribution >= 4 is 5.97 Å². The number of nitrogens with one attached hydrogen (secondary N) is 1. The number of carbonyl (C=O) groups is 1. The van der Waals surface area contributed by atoms with Crippen LogP contribution in [0.5, 0.6) is 0 Å². The fourth-order valence-corrected chi connectivity index (χ4v) is 1.13. The molecular formula is C9H15N3O2. The topological polar surface area (TPSA) is 67.2 Å². The van der Waals surface area contributed by atoms with E-state index in [-0.39, 0.29) is 0 Å². The molecule has 1 heterocycles. The van der Waals surface area contributed by atoms with E-state index in [0.29, 0.717) is 6.54 Å². The third kappa shape index (κ3) is 2.56. The highest BCUT2D eigenvalue weighted by atomic mass is 16.4. The summed E-state index contributed by atoms with van der Waals surface area (Å²) in [5.41, 5.74) is 1.00. The lowest BCUT2D eigenvalue weighted by Crippen LogP contribution is -2.33. The zero-order chi connectivity index (χ0) is 10.6. The summed E-state index contributed by atoms with van der Waals surface area (Å²) in [5, 5.41) is 11.6. The SMILES string of the molecule is CCn1cncc1CN[C@H](C)C(=O)O. The number of carboxylic acid groups (broad SMARTS) is 1. The van der Waals surface area contributed by atoms with Gasteiger partial charge in [-0.25, -0.2) is 4.98 Å². The second kappa shape index (κ2) is 4.76. The lowest BCUT2D eigenvalue weighted by atomic mass is 10.3. The number of hydrogen-bond acceptors (Lipinski definition) is 3. The van der Waals surface area contributed by atoms with Crippen molar-refractivity contribution in [3.8, 4) is 0 Å². The number of imidazole rings is 1. The van der Waals surface area contributed by atoms with Gasteiger partial charge in [0.05, 0.1) is 12.0 Å². The first-order chi connectivity index (χ1) is 6.65. The maximum atomic E-state index is 10.5. The Labute approximate surface area is 82.8 Å². The van der Waals surface area contributed by atoms with E-state index < -0.39 is 12.0 Å². The van der Waals surface area contributed by atoms with E-state index in [2.05, 4.69) is 10.3 Å². The van der Waals surface area contributed by atoms with Crippen LogP contribution in [0.15, 0.2) is 12.5 Å². The van der Waals surface area contributed by atoms with Gasteiger partial charge >= 0.3 is 5.97 Å². The molecule has 5 nitrogen and oxygen atoms in total. The number of nitrogens with zero attached hydrogens (tertiary/aromatic N) is 2. The molecular weight excluding hydrogens is 182 g/mol. The highest BCUT2D eigenvalue weighted by Crippen LogP contribution is 1.98. The predicted molar refractivity (Wildman–Crippen MR) is 51.8 cm³/mol. The Balaban J connectivity index is 2.49. The van der Waals surface area contributed by atoms with E-state index in [9.17, 15) is 4.79 Å². The summed E-state index contributed by atoms with van der Waals surface area (Å²) in [4.78, 5) is 14.5. The summed E-state index contributed by atoms with van der Waals surface area (Å²) in [5.74, 6) is -0.840. The molecule has 2 N–H and O–H groups in total. The van der Waals surface area contributed by atoms with Crippen LogP contribution in [0.2, 0.25) is 0 Å². The Hall–Kier alpha value is -1.36. The van der Waals surface area contributed by atoms with Crippen LogP contribution in [-0.2, 0) is 17.9 Å². The molecule has 78 valence electrons. The van der Waals surface area contributed by atoms with Crippen molar-refractivity contribution in [1.29, 1.82) is 0 Å². The van der Waals surface area contributed by atoms with Gasteiger partial charge in [0.25, 0.3) is 0 Å². The van der Waals surface area contributed by atoms with Crippen LogP contribution in [-0.4, -0.2) is 26.7 Å². The number of aliphatic carboxylic acids is 1. The molecule has 0 aliphatic carbocycles. The van der Waals surface area contributed by atoms with Crippen LogP contribution in [0.3, 0.4) is 0 Å². The molecule has 0 bridgehead atoms. The van der Waals surface area contributed by atoms with Gasteiger partial charge in [-0.15, -0.1) is 0 Å². The minimum atomic E-state index is -0.840. The van der Waals surface area contributed by atoms with Crippen LogP contribution in [0.1, 0.15) is 19.5 Å². The molecule has 14 heavy (non-hydrogen) atoms. The van der Waals surface area contributed by atoms with Crippen LogP contribution in [0.4, 0.5) is 0 Å². The quantitative estimate of drug-likeness (QED) is 0.720. The zero-order valence-electron chi connectivity index (χ0n) is 8.40. The average Bonchev–Trinajstić information content (AvgIpc) is 2.60. The van der Waals surface area contributed by atoms with Crippen LogP contribution >= 0.6 is 0 Å². The molecule has 1 aromatic rings. The first-order valence-corrected chi connectivity index (χ1v) is 4.60. The summed E-state index contributed by atoms with van der Waals surface area (Å²) in [6.45, 7) is 5.01. The Morgan fingerprint density at radius 2 is 2.50 bits per heavy atom. The van der Waals surface area contributed by atoms with E-state index in [1.165, 1.54) is 0 Å². The van der Waals surface area contributed by atoms with Crippen molar-refractivity contribution in [2.24, 2.45) is 0 Å². The second-order valence-corrected chi connectivity index (χ2v) is 3.11. The fourth-order valence-electron chi connectivity index (χ4n) is 1.13. The highest BCUT2D eigenvalue weighted by molar-refractivity contribution is 5.72. The molecule has 1 rings (SSSR count). The molecule has 1 atom stereocenters. The summed E-state index contributed by atoms with van der Waals surface area (Å²) >= 11 is 0. The Kier molecular flexibility index (Phi) is 3.64. The maximum absolute atomic E-state index is 10.5. The molecule has 0 unspecified atom stereocenters. The van der Waals surface area contributed by atoms with Crippen molar-refractivity contribution in [2.45, 2.75) is 33.0 Å². The van der Waals surface area contributed by atoms with E-state index in [1.54, 1.807) is 19.4 Å². The third-order valence-corrected chi connectivity index (χ3v) is 2.10. The van der Waals surface area contributed by atoms with Crippen LogP contribution in [0, 0.1) is 0 Å². The minimum Gasteiger partial charge on any atom is -0.480 e. The number of carboxylic acids is 1. The third-order valence-electron chi connectivity index (χ3n) is 2.10. The van der Waals surface area contributed by atoms with Gasteiger partial charge in [-0.05, 0) is 13.8 Å². The van der Waals surface area contributed by atoms with E-state index in [0.717, 1.165) is 12.2 Å². The largest absolute Gasteiger partial charge is 0.480 e. The lowest BCUT2D eigenvalue weighted by Gasteiger charge is -2.09. The number of aryl methyl sites for hydroxylation is 1. The fraction of sp³-hybridized carbons (Fsp3) is 0.556. The summed E-state index contributed by atoms with van der Waals surface area (Å²) in [6, 6.07) is -0.532. The molecule has 0 aromatic carbocycles. The van der Waals surface area contributed by atoms with Gasteiger partial charge in [-0.1, -0.05) is 0 Å². The lowest BCUT2D eigenvalue weighted by molar-refractivity contribution is -0.139. The smallest absolute Gasteiger partial charge is 0.320 e. The van der Waals surface area contributed by atoms with Gasteiger partial charge in [0, 0.05) is 19.3 Å². The number of hydrogen-bond donors (Lipinski definition) is 2. The molecule has 0 aliphatic heterocycles. The monoisotopic (exact) mass is 197 g/mol. The van der Waals surface area contributed by atoms with Crippen molar-refractivity contribution < 1.29 is 9.90 Å². The number of aromatic nitrogens is 2. The van der Waals surface area contributed by atoms with Gasteiger partial charge < -0.3 is 9.67 Å². The summed E-state index contributed by atoms with van der Waals surface area (Å²) in [6.07, 6.45) is 3.48. The molecule has 0 amide bonds. The van der Waals surface area contributed by atoms with Gasteiger partial charge in [0.15, 0.2) is 0 Å². The van der Waals surface area contributed by atoms with Crippen molar-refractivity contribution in [2.75, 3.05) is 0 Å². The Morgan fingerprint density at radius 1 is 1.79 bits per heavy atom. The normalized spacial score (nSPS) is 12.7. The highest BCUT2D eigenvalue weighted by Gasteiger charge is 2.10. The van der Waals surface area contributed by atoms with Gasteiger partial charge in [-0.3, -0.25) is 10.1 Å². The molecule has 0 radical (unpaired) electrons. The molecule has 0 aliphatic rings. The molecule has 0 saturated carbocycles. The van der Waals surface area contributed by atoms with Crippen molar-refractivity contribution in [3.63, 3.8) is 0 Å². The summed E-state index contributed by atoms with van der Waals surface area (Å²) < 4.78 is 1.97. The van der Waals surface area contributed by atoms with Crippen LogP contribution < -0.4 is 5.32 Å². The van der Waals surface area contributed by atoms with Gasteiger partial charge in [0.2, 0.25) is 0 Å². The average molecular weight is 197 g/mol. The molecule has 0 spiro atoms. The van der Waals surface area contributed by atoms with Crippen molar-refractivity contribution in [3.05, 3.63) is 18.2 Å². The standard InChI is InChI=1S/C9H15N3O2/c1-3-12-6-10-4-8(12)5-11-7(2)9(13)14/h4,6-7,11H,3,5H2,1-2H3,(H,13,14)/t7-/m1/s1. The van der Waals surface area contributed by atoms with E-state index in [1.807, 2.05) is 11.5 Å². The second-order valence-electron chi connectivity index (χ2n) is 3.11. The van der Waals surface area contributed by atoms with E-state index >= 15 is 0 Å². The zero-order valence-corrected chi connectivity index (χ0v) is 8.40. The summed E-state index contributed by atoms with van der Waals surface area (Å²) in [7, 11) is 0. The van der Waals surface area contributed by atoms with Crippen molar-refractivity contribution in [1.82, 2.24) is 14.9 Å². The van der Waals surface area contributed by atoms with Crippen LogP contribution in [0.25, 0.3) is 0 Å².